The number of halogens is 3. The highest BCUT2D eigenvalue weighted by Gasteiger charge is 2.34. The number of anilines is 1. The fourth-order valence-electron chi connectivity index (χ4n) is 3.50. The molecular formula is C23H27F3N2O3. The van der Waals surface area contributed by atoms with Gasteiger partial charge in [-0.25, -0.2) is 0 Å². The highest BCUT2D eigenvalue weighted by atomic mass is 19.4. The molecule has 1 fully saturated rings. The van der Waals surface area contributed by atoms with E-state index >= 15 is 0 Å². The molecule has 0 atom stereocenters. The predicted molar refractivity (Wildman–Crippen MR) is 112 cm³/mol. The predicted octanol–water partition coefficient (Wildman–Crippen LogP) is 4.24. The zero-order valence-corrected chi connectivity index (χ0v) is 17.7. The second-order valence-electron chi connectivity index (χ2n) is 7.58. The third kappa shape index (κ3) is 6.37. The first-order valence-electron chi connectivity index (χ1n) is 10.2. The summed E-state index contributed by atoms with van der Waals surface area (Å²) in [4.78, 5) is 14.0. The molecule has 1 heterocycles. The Hall–Kier alpha value is -2.74. The van der Waals surface area contributed by atoms with Gasteiger partial charge >= 0.3 is 6.18 Å². The number of carbonyl (C=O) groups excluding carboxylic acids is 1. The third-order valence-electron chi connectivity index (χ3n) is 5.17. The third-order valence-corrected chi connectivity index (χ3v) is 5.17. The van der Waals surface area contributed by atoms with E-state index in [1.54, 1.807) is 6.07 Å². The molecule has 0 unspecified atom stereocenters. The van der Waals surface area contributed by atoms with Crippen LogP contribution in [0, 0.1) is 13.8 Å². The number of ether oxygens (including phenoxy) is 2. The van der Waals surface area contributed by atoms with Crippen LogP contribution in [-0.2, 0) is 22.3 Å². The second-order valence-corrected chi connectivity index (χ2v) is 7.58. The highest BCUT2D eigenvalue weighted by molar-refractivity contribution is 5.76. The Morgan fingerprint density at radius 1 is 1.13 bits per heavy atom. The number of carbonyl (C=O) groups is 1. The largest absolute Gasteiger partial charge is 0.493 e. The van der Waals surface area contributed by atoms with Gasteiger partial charge in [0.1, 0.15) is 5.75 Å². The molecule has 8 heteroatoms. The van der Waals surface area contributed by atoms with E-state index in [4.69, 9.17) is 9.47 Å². The van der Waals surface area contributed by atoms with Gasteiger partial charge in [0.05, 0.1) is 31.8 Å². The van der Waals surface area contributed by atoms with Crippen LogP contribution in [0.25, 0.3) is 0 Å². The van der Waals surface area contributed by atoms with Gasteiger partial charge in [0.2, 0.25) is 5.91 Å². The number of alkyl halides is 3. The maximum atomic E-state index is 13.6. The van der Waals surface area contributed by atoms with Crippen LogP contribution in [-0.4, -0.2) is 38.8 Å². The Morgan fingerprint density at radius 3 is 2.55 bits per heavy atom. The molecule has 1 saturated heterocycles. The monoisotopic (exact) mass is 436 g/mol. The van der Waals surface area contributed by atoms with E-state index in [1.165, 1.54) is 6.07 Å². The van der Waals surface area contributed by atoms with Crippen LogP contribution >= 0.6 is 0 Å². The molecule has 0 spiro atoms. The summed E-state index contributed by atoms with van der Waals surface area (Å²) in [7, 11) is 0. The Bertz CT molecular complexity index is 909. The zero-order valence-electron chi connectivity index (χ0n) is 17.7. The van der Waals surface area contributed by atoms with Crippen molar-refractivity contribution in [2.24, 2.45) is 0 Å². The molecule has 168 valence electrons. The average molecular weight is 436 g/mol. The van der Waals surface area contributed by atoms with Crippen molar-refractivity contribution >= 4 is 11.6 Å². The molecule has 0 radical (unpaired) electrons. The summed E-state index contributed by atoms with van der Waals surface area (Å²) in [5.74, 6) is 0.326. The first-order chi connectivity index (χ1) is 14.7. The Kier molecular flexibility index (Phi) is 7.43. The van der Waals surface area contributed by atoms with Crippen molar-refractivity contribution in [3.05, 3.63) is 58.7 Å². The van der Waals surface area contributed by atoms with Gasteiger partial charge in [-0.2, -0.15) is 13.2 Å². The summed E-state index contributed by atoms with van der Waals surface area (Å²) in [6.45, 7) is 5.93. The van der Waals surface area contributed by atoms with Crippen LogP contribution in [0.1, 0.15) is 28.7 Å². The lowest BCUT2D eigenvalue weighted by molar-refractivity contribution is -0.138. The van der Waals surface area contributed by atoms with E-state index in [0.29, 0.717) is 37.7 Å². The maximum absolute atomic E-state index is 13.6. The maximum Gasteiger partial charge on any atom is 0.416 e. The first-order valence-corrected chi connectivity index (χ1v) is 10.2. The summed E-state index contributed by atoms with van der Waals surface area (Å²) in [6, 6.07) is 9.98. The van der Waals surface area contributed by atoms with Crippen molar-refractivity contribution in [1.29, 1.82) is 0 Å². The lowest BCUT2D eigenvalue weighted by Gasteiger charge is -2.29. The van der Waals surface area contributed by atoms with E-state index < -0.39 is 11.7 Å². The molecule has 5 nitrogen and oxygen atoms in total. The Balaban J connectivity index is 1.57. The summed E-state index contributed by atoms with van der Waals surface area (Å²) >= 11 is 0. The average Bonchev–Trinajstić information content (AvgIpc) is 2.73. The summed E-state index contributed by atoms with van der Waals surface area (Å²) < 4.78 is 51.7. The van der Waals surface area contributed by atoms with Crippen LogP contribution in [0.5, 0.6) is 5.75 Å². The van der Waals surface area contributed by atoms with Crippen molar-refractivity contribution in [1.82, 2.24) is 5.32 Å². The van der Waals surface area contributed by atoms with Gasteiger partial charge in [0.15, 0.2) is 0 Å². The van der Waals surface area contributed by atoms with Gasteiger partial charge in [-0.1, -0.05) is 23.8 Å². The summed E-state index contributed by atoms with van der Waals surface area (Å²) in [5.41, 5.74) is 1.89. The number of hydrogen-bond acceptors (Lipinski definition) is 4. The minimum Gasteiger partial charge on any atom is -0.493 e. The molecule has 0 aromatic heterocycles. The summed E-state index contributed by atoms with van der Waals surface area (Å²) in [5, 5.41) is 2.57. The molecule has 1 N–H and O–H groups in total. The van der Waals surface area contributed by atoms with Gasteiger partial charge in [-0.15, -0.1) is 0 Å². The SMILES string of the molecule is Cc1ccc(OCCC(=O)NCc2ccc(N3CCOCC3)cc2C(F)(F)F)c(C)c1. The number of amides is 1. The number of benzene rings is 2. The molecule has 31 heavy (non-hydrogen) atoms. The molecule has 2 aromatic rings. The zero-order chi connectivity index (χ0) is 22.4. The number of aryl methyl sites for hydroxylation is 2. The minimum absolute atomic E-state index is 0.0353. The molecule has 3 rings (SSSR count). The van der Waals surface area contributed by atoms with Crippen LogP contribution in [0.3, 0.4) is 0 Å². The van der Waals surface area contributed by atoms with E-state index in [0.717, 1.165) is 17.2 Å². The van der Waals surface area contributed by atoms with Gasteiger partial charge in [0.25, 0.3) is 0 Å². The fraction of sp³-hybridized carbons (Fsp3) is 0.435. The molecule has 0 bridgehead atoms. The second kappa shape index (κ2) is 10.0. The molecule has 1 aliphatic rings. The summed E-state index contributed by atoms with van der Waals surface area (Å²) in [6.07, 6.45) is -4.45. The standard InChI is InChI=1S/C23H27F3N2O3/c1-16-3-6-21(17(2)13-16)31-10-7-22(29)27-15-18-4-5-19(14-20(18)23(24,25)26)28-8-11-30-12-9-28/h3-6,13-14H,7-12,15H2,1-2H3,(H,27,29). The van der Waals surface area contributed by atoms with E-state index in [1.807, 2.05) is 36.9 Å². The van der Waals surface area contributed by atoms with Crippen molar-refractivity contribution in [2.45, 2.75) is 33.0 Å². The molecule has 2 aromatic carbocycles. The quantitative estimate of drug-likeness (QED) is 0.705. The van der Waals surface area contributed by atoms with Gasteiger partial charge < -0.3 is 19.7 Å². The van der Waals surface area contributed by atoms with Crippen LogP contribution in [0.2, 0.25) is 0 Å². The lowest BCUT2D eigenvalue weighted by Crippen LogP contribution is -2.36. The van der Waals surface area contributed by atoms with Crippen LogP contribution in [0.15, 0.2) is 36.4 Å². The number of nitrogens with one attached hydrogen (secondary N) is 1. The van der Waals surface area contributed by atoms with E-state index in [9.17, 15) is 18.0 Å². The van der Waals surface area contributed by atoms with Crippen molar-refractivity contribution in [3.63, 3.8) is 0 Å². The van der Waals surface area contributed by atoms with Gasteiger partial charge in [-0.3, -0.25) is 4.79 Å². The van der Waals surface area contributed by atoms with Crippen LogP contribution < -0.4 is 15.0 Å². The Morgan fingerprint density at radius 2 is 1.87 bits per heavy atom. The van der Waals surface area contributed by atoms with Crippen molar-refractivity contribution in [3.8, 4) is 5.75 Å². The highest BCUT2D eigenvalue weighted by Crippen LogP contribution is 2.35. The number of rotatable bonds is 7. The molecule has 1 amide bonds. The molecular weight excluding hydrogens is 409 g/mol. The van der Waals surface area contributed by atoms with Crippen molar-refractivity contribution in [2.75, 3.05) is 37.8 Å². The number of morpholine rings is 1. The minimum atomic E-state index is -4.51. The smallest absolute Gasteiger partial charge is 0.416 e. The fourth-order valence-corrected chi connectivity index (χ4v) is 3.50. The lowest BCUT2D eigenvalue weighted by atomic mass is 10.0. The topological polar surface area (TPSA) is 50.8 Å². The van der Waals surface area contributed by atoms with Gasteiger partial charge in [-0.05, 0) is 43.2 Å². The van der Waals surface area contributed by atoms with Crippen molar-refractivity contribution < 1.29 is 27.4 Å². The van der Waals surface area contributed by atoms with E-state index in [-0.39, 0.29) is 31.0 Å². The Labute approximate surface area is 180 Å². The van der Waals surface area contributed by atoms with E-state index in [2.05, 4.69) is 5.32 Å². The molecule has 0 aliphatic carbocycles. The normalized spacial score (nSPS) is 14.4. The molecule has 1 aliphatic heterocycles. The van der Waals surface area contributed by atoms with Gasteiger partial charge in [0, 0.05) is 25.3 Å². The molecule has 0 saturated carbocycles. The van der Waals surface area contributed by atoms with Crippen LogP contribution in [0.4, 0.5) is 18.9 Å². The first kappa shape index (κ1) is 22.9. The number of nitrogens with zero attached hydrogens (tertiary/aromatic N) is 1. The number of hydrogen-bond donors (Lipinski definition) is 1.